The first-order chi connectivity index (χ1) is 9.56. The van der Waals surface area contributed by atoms with E-state index in [2.05, 4.69) is 5.16 Å². The van der Waals surface area contributed by atoms with Crippen LogP contribution in [0.5, 0.6) is 5.75 Å². The summed E-state index contributed by atoms with van der Waals surface area (Å²) in [6.45, 7) is 4.10. The average Bonchev–Trinajstić information content (AvgIpc) is 2.44. The molecule has 4 heteroatoms. The van der Waals surface area contributed by atoms with Gasteiger partial charge in [0, 0.05) is 5.56 Å². The first-order valence-electron chi connectivity index (χ1n) is 6.27. The van der Waals surface area contributed by atoms with Gasteiger partial charge in [0.1, 0.15) is 6.61 Å². The van der Waals surface area contributed by atoms with Gasteiger partial charge in [0.15, 0.2) is 11.6 Å². The normalized spacial score (nSPS) is 11.4. The SMILES string of the molecule is C/C(=N\OCc1ccc(C)cc1)c1ccc(O)c(F)c1. The van der Waals surface area contributed by atoms with Gasteiger partial charge >= 0.3 is 0 Å². The Labute approximate surface area is 117 Å². The zero-order valence-electron chi connectivity index (χ0n) is 11.4. The van der Waals surface area contributed by atoms with Crippen LogP contribution in [0.3, 0.4) is 0 Å². The van der Waals surface area contributed by atoms with Gasteiger partial charge < -0.3 is 9.94 Å². The van der Waals surface area contributed by atoms with E-state index in [0.29, 0.717) is 17.9 Å². The quantitative estimate of drug-likeness (QED) is 0.680. The molecule has 0 aliphatic heterocycles. The largest absolute Gasteiger partial charge is 0.505 e. The summed E-state index contributed by atoms with van der Waals surface area (Å²) in [6, 6.07) is 12.1. The van der Waals surface area contributed by atoms with E-state index in [1.54, 1.807) is 13.0 Å². The number of hydrogen-bond acceptors (Lipinski definition) is 3. The minimum atomic E-state index is -0.671. The summed E-state index contributed by atoms with van der Waals surface area (Å²) < 4.78 is 13.2. The van der Waals surface area contributed by atoms with Gasteiger partial charge in [0.2, 0.25) is 0 Å². The summed E-state index contributed by atoms with van der Waals surface area (Å²) in [6.07, 6.45) is 0. The predicted molar refractivity (Wildman–Crippen MR) is 76.2 cm³/mol. The van der Waals surface area contributed by atoms with Crippen LogP contribution in [0.4, 0.5) is 4.39 Å². The van der Waals surface area contributed by atoms with Crippen LogP contribution in [0.2, 0.25) is 0 Å². The molecule has 20 heavy (non-hydrogen) atoms. The Morgan fingerprint density at radius 2 is 1.90 bits per heavy atom. The van der Waals surface area contributed by atoms with Crippen molar-refractivity contribution in [3.63, 3.8) is 0 Å². The zero-order valence-corrected chi connectivity index (χ0v) is 11.4. The lowest BCUT2D eigenvalue weighted by Crippen LogP contribution is -1.97. The van der Waals surface area contributed by atoms with Crippen LogP contribution in [-0.2, 0) is 11.4 Å². The van der Waals surface area contributed by atoms with Crippen molar-refractivity contribution >= 4 is 5.71 Å². The Kier molecular flexibility index (Phi) is 4.35. The fourth-order valence-corrected chi connectivity index (χ4v) is 1.67. The summed E-state index contributed by atoms with van der Waals surface area (Å²) >= 11 is 0. The molecule has 0 aromatic heterocycles. The molecule has 0 radical (unpaired) electrons. The van der Waals surface area contributed by atoms with Gasteiger partial charge in [-0.3, -0.25) is 0 Å². The molecule has 1 N–H and O–H groups in total. The van der Waals surface area contributed by atoms with Gasteiger partial charge in [-0.25, -0.2) is 4.39 Å². The molecule has 0 heterocycles. The lowest BCUT2D eigenvalue weighted by Gasteiger charge is -2.04. The van der Waals surface area contributed by atoms with Crippen LogP contribution in [0.15, 0.2) is 47.6 Å². The van der Waals surface area contributed by atoms with Gasteiger partial charge in [-0.05, 0) is 37.6 Å². The van der Waals surface area contributed by atoms with Crippen molar-refractivity contribution in [2.75, 3.05) is 0 Å². The molecular weight excluding hydrogens is 257 g/mol. The Morgan fingerprint density at radius 3 is 2.55 bits per heavy atom. The van der Waals surface area contributed by atoms with Crippen molar-refractivity contribution in [3.8, 4) is 5.75 Å². The van der Waals surface area contributed by atoms with Gasteiger partial charge in [0.05, 0.1) is 5.71 Å². The van der Waals surface area contributed by atoms with Crippen LogP contribution in [-0.4, -0.2) is 10.8 Å². The number of phenolic OH excluding ortho intramolecular Hbond substituents is 1. The second-order valence-corrected chi connectivity index (χ2v) is 4.60. The van der Waals surface area contributed by atoms with Crippen molar-refractivity contribution in [3.05, 3.63) is 65.0 Å². The van der Waals surface area contributed by atoms with Crippen LogP contribution < -0.4 is 0 Å². The average molecular weight is 273 g/mol. The number of oxime groups is 1. The maximum absolute atomic E-state index is 13.2. The summed E-state index contributed by atoms with van der Waals surface area (Å²) in [5.74, 6) is -1.04. The standard InChI is InChI=1S/C16H16FNO2/c1-11-3-5-13(6-4-11)10-20-18-12(2)14-7-8-16(19)15(17)9-14/h3-9,19H,10H2,1-2H3/b18-12+. The number of aryl methyl sites for hydroxylation is 1. The lowest BCUT2D eigenvalue weighted by atomic mass is 10.1. The molecule has 0 fully saturated rings. The Bertz CT molecular complexity index is 621. The van der Waals surface area contributed by atoms with Crippen molar-refractivity contribution in [1.29, 1.82) is 0 Å². The first kappa shape index (κ1) is 14.1. The summed E-state index contributed by atoms with van der Waals surface area (Å²) in [5, 5.41) is 13.1. The molecule has 0 aliphatic rings. The van der Waals surface area contributed by atoms with Crippen LogP contribution in [0, 0.1) is 12.7 Å². The molecule has 0 saturated heterocycles. The van der Waals surface area contributed by atoms with E-state index < -0.39 is 5.82 Å². The van der Waals surface area contributed by atoms with Crippen molar-refractivity contribution < 1.29 is 14.3 Å². The number of aromatic hydroxyl groups is 1. The van der Waals surface area contributed by atoms with Crippen LogP contribution in [0.25, 0.3) is 0 Å². The summed E-state index contributed by atoms with van der Waals surface area (Å²) in [4.78, 5) is 5.25. The Hall–Kier alpha value is -2.36. The van der Waals surface area contributed by atoms with Crippen molar-refractivity contribution in [2.45, 2.75) is 20.5 Å². The number of benzene rings is 2. The second-order valence-electron chi connectivity index (χ2n) is 4.60. The van der Waals surface area contributed by atoms with Crippen molar-refractivity contribution in [1.82, 2.24) is 0 Å². The number of phenols is 1. The topological polar surface area (TPSA) is 41.8 Å². The molecule has 3 nitrogen and oxygen atoms in total. The molecule has 0 aliphatic carbocycles. The van der Waals surface area contributed by atoms with Gasteiger partial charge in [-0.15, -0.1) is 0 Å². The number of nitrogens with zero attached hydrogens (tertiary/aromatic N) is 1. The molecule has 0 saturated carbocycles. The third-order valence-electron chi connectivity index (χ3n) is 2.92. The third-order valence-corrected chi connectivity index (χ3v) is 2.92. The number of halogens is 1. The highest BCUT2D eigenvalue weighted by Gasteiger charge is 2.04. The minimum absolute atomic E-state index is 0.359. The molecule has 0 amide bonds. The monoisotopic (exact) mass is 273 g/mol. The van der Waals surface area contributed by atoms with Gasteiger partial charge in [-0.1, -0.05) is 35.0 Å². The fraction of sp³-hybridized carbons (Fsp3) is 0.188. The molecule has 2 aromatic rings. The Morgan fingerprint density at radius 1 is 1.20 bits per heavy atom. The maximum atomic E-state index is 13.2. The van der Waals surface area contributed by atoms with Gasteiger partial charge in [-0.2, -0.15) is 0 Å². The molecule has 0 bridgehead atoms. The highest BCUT2D eigenvalue weighted by Crippen LogP contribution is 2.16. The molecule has 2 aromatic carbocycles. The van der Waals surface area contributed by atoms with E-state index in [4.69, 9.17) is 9.94 Å². The third kappa shape index (κ3) is 3.57. The predicted octanol–water partition coefficient (Wildman–Crippen LogP) is 3.78. The number of hydrogen-bond donors (Lipinski definition) is 1. The number of rotatable bonds is 4. The van der Waals surface area contributed by atoms with Crippen LogP contribution in [0.1, 0.15) is 23.6 Å². The van der Waals surface area contributed by atoms with E-state index in [-0.39, 0.29) is 5.75 Å². The lowest BCUT2D eigenvalue weighted by molar-refractivity contribution is 0.130. The first-order valence-corrected chi connectivity index (χ1v) is 6.27. The molecular formula is C16H16FNO2. The molecule has 0 atom stereocenters. The summed E-state index contributed by atoms with van der Waals surface area (Å²) in [5.41, 5.74) is 3.33. The Balaban J connectivity index is 2.00. The second kappa shape index (κ2) is 6.19. The van der Waals surface area contributed by atoms with E-state index in [1.165, 1.54) is 17.7 Å². The van der Waals surface area contributed by atoms with Gasteiger partial charge in [0.25, 0.3) is 0 Å². The van der Waals surface area contributed by atoms with Crippen molar-refractivity contribution in [2.24, 2.45) is 5.16 Å². The molecule has 2 rings (SSSR count). The highest BCUT2D eigenvalue weighted by atomic mass is 19.1. The minimum Gasteiger partial charge on any atom is -0.505 e. The van der Waals surface area contributed by atoms with E-state index in [9.17, 15) is 4.39 Å². The molecule has 104 valence electrons. The zero-order chi connectivity index (χ0) is 14.5. The smallest absolute Gasteiger partial charge is 0.165 e. The van der Waals surface area contributed by atoms with E-state index >= 15 is 0 Å². The highest BCUT2D eigenvalue weighted by molar-refractivity contribution is 5.98. The summed E-state index contributed by atoms with van der Waals surface area (Å²) in [7, 11) is 0. The van der Waals surface area contributed by atoms with Crippen LogP contribution >= 0.6 is 0 Å². The molecule has 0 spiro atoms. The van der Waals surface area contributed by atoms with E-state index in [0.717, 1.165) is 5.56 Å². The fourth-order valence-electron chi connectivity index (χ4n) is 1.67. The maximum Gasteiger partial charge on any atom is 0.165 e. The molecule has 0 unspecified atom stereocenters. The van der Waals surface area contributed by atoms with E-state index in [1.807, 2.05) is 31.2 Å².